The van der Waals surface area contributed by atoms with Crippen LogP contribution in [0.3, 0.4) is 0 Å². The Hall–Kier alpha value is -1.74. The molecule has 3 nitrogen and oxygen atoms in total. The standard InChI is InChI=1S/C14H17F3N2O/c1-9(2)13(3,20)8-19-12-5-4-11(14(15,16)17)6-10(12)7-18/h4-6,9,19-20H,8H2,1-3H3. The van der Waals surface area contributed by atoms with Gasteiger partial charge in [-0.1, -0.05) is 13.8 Å². The first-order valence-electron chi connectivity index (χ1n) is 6.15. The van der Waals surface area contributed by atoms with Crippen LogP contribution >= 0.6 is 0 Å². The van der Waals surface area contributed by atoms with Gasteiger partial charge in [0.15, 0.2) is 0 Å². The fourth-order valence-electron chi connectivity index (χ4n) is 1.45. The Kier molecular flexibility index (Phi) is 4.66. The fourth-order valence-corrected chi connectivity index (χ4v) is 1.45. The van der Waals surface area contributed by atoms with E-state index in [2.05, 4.69) is 5.32 Å². The number of anilines is 1. The molecule has 1 unspecified atom stereocenters. The Labute approximate surface area is 116 Å². The number of halogens is 3. The van der Waals surface area contributed by atoms with Crippen molar-refractivity contribution < 1.29 is 18.3 Å². The molecule has 0 aliphatic rings. The van der Waals surface area contributed by atoms with Gasteiger partial charge < -0.3 is 10.4 Å². The van der Waals surface area contributed by atoms with Gasteiger partial charge in [0.1, 0.15) is 6.07 Å². The predicted molar refractivity (Wildman–Crippen MR) is 70.1 cm³/mol. The topological polar surface area (TPSA) is 56.0 Å². The molecule has 1 aromatic carbocycles. The smallest absolute Gasteiger partial charge is 0.388 e. The van der Waals surface area contributed by atoms with E-state index in [1.807, 2.05) is 13.8 Å². The first-order chi connectivity index (χ1) is 9.08. The average molecular weight is 286 g/mol. The van der Waals surface area contributed by atoms with E-state index in [0.29, 0.717) is 0 Å². The van der Waals surface area contributed by atoms with Crippen LogP contribution in [-0.2, 0) is 6.18 Å². The molecule has 2 N–H and O–H groups in total. The van der Waals surface area contributed by atoms with Crippen molar-refractivity contribution in [3.8, 4) is 6.07 Å². The van der Waals surface area contributed by atoms with Gasteiger partial charge in [0.05, 0.1) is 22.4 Å². The van der Waals surface area contributed by atoms with E-state index in [4.69, 9.17) is 5.26 Å². The third-order valence-corrected chi connectivity index (χ3v) is 3.35. The van der Waals surface area contributed by atoms with Crippen molar-refractivity contribution in [2.24, 2.45) is 5.92 Å². The summed E-state index contributed by atoms with van der Waals surface area (Å²) in [5, 5.41) is 21.8. The summed E-state index contributed by atoms with van der Waals surface area (Å²) in [7, 11) is 0. The first-order valence-corrected chi connectivity index (χ1v) is 6.15. The average Bonchev–Trinajstić information content (AvgIpc) is 2.34. The molecule has 1 atom stereocenters. The molecule has 0 saturated heterocycles. The van der Waals surface area contributed by atoms with E-state index in [0.717, 1.165) is 12.1 Å². The van der Waals surface area contributed by atoms with Gasteiger partial charge in [-0.3, -0.25) is 0 Å². The number of benzene rings is 1. The number of rotatable bonds is 4. The van der Waals surface area contributed by atoms with Crippen molar-refractivity contribution in [3.05, 3.63) is 29.3 Å². The van der Waals surface area contributed by atoms with Gasteiger partial charge in [0.2, 0.25) is 0 Å². The molecule has 0 fully saturated rings. The molecule has 0 bridgehead atoms. The third kappa shape index (κ3) is 3.87. The molecule has 1 aromatic rings. The van der Waals surface area contributed by atoms with Crippen LogP contribution in [0.2, 0.25) is 0 Å². The van der Waals surface area contributed by atoms with Gasteiger partial charge >= 0.3 is 6.18 Å². The highest BCUT2D eigenvalue weighted by Gasteiger charge is 2.31. The lowest BCUT2D eigenvalue weighted by Gasteiger charge is -2.28. The zero-order valence-electron chi connectivity index (χ0n) is 11.5. The van der Waals surface area contributed by atoms with Crippen LogP contribution in [0, 0.1) is 17.2 Å². The second-order valence-corrected chi connectivity index (χ2v) is 5.24. The highest BCUT2D eigenvalue weighted by molar-refractivity contribution is 5.59. The van der Waals surface area contributed by atoms with Crippen LogP contribution in [-0.4, -0.2) is 17.3 Å². The van der Waals surface area contributed by atoms with E-state index in [-0.39, 0.29) is 23.7 Å². The van der Waals surface area contributed by atoms with Gasteiger partial charge in [-0.15, -0.1) is 0 Å². The minimum Gasteiger partial charge on any atom is -0.388 e. The minimum absolute atomic E-state index is 0.0324. The molecule has 0 aliphatic carbocycles. The minimum atomic E-state index is -4.48. The van der Waals surface area contributed by atoms with Crippen LogP contribution in [0.5, 0.6) is 0 Å². The lowest BCUT2D eigenvalue weighted by Crippen LogP contribution is -2.38. The van der Waals surface area contributed by atoms with Gasteiger partial charge in [0, 0.05) is 6.54 Å². The molecule has 0 saturated carbocycles. The van der Waals surface area contributed by atoms with Crippen molar-refractivity contribution in [1.29, 1.82) is 5.26 Å². The normalized spacial score (nSPS) is 14.8. The molecule has 0 heterocycles. The number of nitriles is 1. The first kappa shape index (κ1) is 16.3. The number of hydrogen-bond acceptors (Lipinski definition) is 3. The van der Waals surface area contributed by atoms with E-state index in [1.54, 1.807) is 13.0 Å². The van der Waals surface area contributed by atoms with Gasteiger partial charge in [-0.25, -0.2) is 0 Å². The molecule has 0 aliphatic heterocycles. The fraction of sp³-hybridized carbons (Fsp3) is 0.500. The lowest BCUT2D eigenvalue weighted by atomic mass is 9.92. The van der Waals surface area contributed by atoms with Crippen LogP contribution < -0.4 is 5.32 Å². The Morgan fingerprint density at radius 1 is 1.35 bits per heavy atom. The Balaban J connectivity index is 2.96. The van der Waals surface area contributed by atoms with Crippen molar-refractivity contribution in [3.63, 3.8) is 0 Å². The monoisotopic (exact) mass is 286 g/mol. The molecule has 0 radical (unpaired) electrons. The quantitative estimate of drug-likeness (QED) is 0.892. The molecule has 0 spiro atoms. The summed E-state index contributed by atoms with van der Waals surface area (Å²) in [6.07, 6.45) is -4.48. The summed E-state index contributed by atoms with van der Waals surface area (Å²) >= 11 is 0. The summed E-state index contributed by atoms with van der Waals surface area (Å²) in [5.74, 6) is -0.0324. The predicted octanol–water partition coefficient (Wildman–Crippen LogP) is 3.40. The summed E-state index contributed by atoms with van der Waals surface area (Å²) in [4.78, 5) is 0. The van der Waals surface area contributed by atoms with Crippen molar-refractivity contribution in [2.75, 3.05) is 11.9 Å². The maximum Gasteiger partial charge on any atom is 0.416 e. The number of nitrogens with one attached hydrogen (secondary N) is 1. The number of alkyl halides is 3. The SMILES string of the molecule is CC(C)C(C)(O)CNc1ccc(C(F)(F)F)cc1C#N. The van der Waals surface area contributed by atoms with Crippen molar-refractivity contribution in [1.82, 2.24) is 0 Å². The van der Waals surface area contributed by atoms with E-state index in [1.165, 1.54) is 6.07 Å². The van der Waals surface area contributed by atoms with Gasteiger partial charge in [-0.05, 0) is 31.0 Å². The molecule has 0 aromatic heterocycles. The summed E-state index contributed by atoms with van der Waals surface area (Å²) in [6.45, 7) is 5.44. The zero-order valence-corrected chi connectivity index (χ0v) is 11.5. The largest absolute Gasteiger partial charge is 0.416 e. The summed E-state index contributed by atoms with van der Waals surface area (Å²) < 4.78 is 37.6. The molecule has 6 heteroatoms. The number of hydrogen-bond donors (Lipinski definition) is 2. The number of nitrogens with zero attached hydrogens (tertiary/aromatic N) is 1. The Bertz CT molecular complexity index is 516. The van der Waals surface area contributed by atoms with Crippen LogP contribution in [0.25, 0.3) is 0 Å². The van der Waals surface area contributed by atoms with E-state index < -0.39 is 17.3 Å². The van der Waals surface area contributed by atoms with Gasteiger partial charge in [-0.2, -0.15) is 18.4 Å². The van der Waals surface area contributed by atoms with Crippen molar-refractivity contribution in [2.45, 2.75) is 32.5 Å². The van der Waals surface area contributed by atoms with Gasteiger partial charge in [0.25, 0.3) is 0 Å². The lowest BCUT2D eigenvalue weighted by molar-refractivity contribution is -0.137. The van der Waals surface area contributed by atoms with Crippen LogP contribution in [0.4, 0.5) is 18.9 Å². The second kappa shape index (κ2) is 5.71. The number of aliphatic hydroxyl groups is 1. The summed E-state index contributed by atoms with van der Waals surface area (Å²) in [6, 6.07) is 4.64. The molecule has 1 rings (SSSR count). The Morgan fingerprint density at radius 2 is 1.95 bits per heavy atom. The molecule has 110 valence electrons. The highest BCUT2D eigenvalue weighted by Crippen LogP contribution is 2.31. The molecular weight excluding hydrogens is 269 g/mol. The maximum absolute atomic E-state index is 12.5. The van der Waals surface area contributed by atoms with E-state index >= 15 is 0 Å². The molecule has 0 amide bonds. The van der Waals surface area contributed by atoms with Crippen LogP contribution in [0.15, 0.2) is 18.2 Å². The molecule has 20 heavy (non-hydrogen) atoms. The van der Waals surface area contributed by atoms with E-state index in [9.17, 15) is 18.3 Å². The van der Waals surface area contributed by atoms with Crippen LogP contribution in [0.1, 0.15) is 31.9 Å². The summed E-state index contributed by atoms with van der Waals surface area (Å²) in [5.41, 5.74) is -1.70. The zero-order chi connectivity index (χ0) is 15.6. The Morgan fingerprint density at radius 3 is 2.40 bits per heavy atom. The van der Waals surface area contributed by atoms with Crippen molar-refractivity contribution >= 4 is 5.69 Å². The second-order valence-electron chi connectivity index (χ2n) is 5.24. The highest BCUT2D eigenvalue weighted by atomic mass is 19.4. The third-order valence-electron chi connectivity index (χ3n) is 3.35. The molecular formula is C14H17F3N2O. The maximum atomic E-state index is 12.5.